The number of ether oxygens (including phenoxy) is 2. The largest absolute Gasteiger partial charge is 0.490 e. The van der Waals surface area contributed by atoms with Crippen molar-refractivity contribution >= 4 is 63.8 Å². The monoisotopic (exact) mass is 506 g/mol. The number of amides is 2. The normalized spacial score (nSPS) is 14.5. The highest BCUT2D eigenvalue weighted by Crippen LogP contribution is 2.34. The van der Waals surface area contributed by atoms with Gasteiger partial charge in [0.05, 0.1) is 24.5 Å². The summed E-state index contributed by atoms with van der Waals surface area (Å²) in [5.74, 6) is -1.14. The molecule has 0 saturated carbocycles. The van der Waals surface area contributed by atoms with Gasteiger partial charge in [-0.2, -0.15) is 5.01 Å². The molecule has 0 aromatic heterocycles. The van der Waals surface area contributed by atoms with Crippen LogP contribution < -0.4 is 14.9 Å². The second kappa shape index (κ2) is 11.2. The van der Waals surface area contributed by atoms with Crippen molar-refractivity contribution in [3.8, 4) is 11.5 Å². The fourth-order valence-electron chi connectivity index (χ4n) is 2.76. The highest BCUT2D eigenvalue weighted by Gasteiger charge is 2.33. The molecule has 0 unspecified atom stereocenters. The van der Waals surface area contributed by atoms with Gasteiger partial charge in [0.25, 0.3) is 11.8 Å². The van der Waals surface area contributed by atoms with Crippen molar-refractivity contribution in [2.45, 2.75) is 13.3 Å². The third-order valence-corrected chi connectivity index (χ3v) is 5.77. The van der Waals surface area contributed by atoms with Crippen LogP contribution in [0.4, 0.5) is 0 Å². The smallest absolute Gasteiger partial charge is 0.306 e. The van der Waals surface area contributed by atoms with Gasteiger partial charge in [0.1, 0.15) is 0 Å². The maximum atomic E-state index is 12.8. The summed E-state index contributed by atoms with van der Waals surface area (Å²) in [7, 11) is 0. The Labute approximate surface area is 204 Å². The van der Waals surface area contributed by atoms with Crippen molar-refractivity contribution in [2.75, 3.05) is 13.2 Å². The molecule has 2 N–H and O–H groups in total. The molecule has 0 radical (unpaired) electrons. The van der Waals surface area contributed by atoms with E-state index in [9.17, 15) is 14.4 Å². The van der Waals surface area contributed by atoms with E-state index in [0.29, 0.717) is 39.2 Å². The van der Waals surface area contributed by atoms with Crippen molar-refractivity contribution < 1.29 is 29.0 Å². The van der Waals surface area contributed by atoms with Gasteiger partial charge in [-0.05, 0) is 61.1 Å². The van der Waals surface area contributed by atoms with Crippen LogP contribution in [0.5, 0.6) is 11.5 Å². The first kappa shape index (κ1) is 24.6. The minimum atomic E-state index is -0.964. The summed E-state index contributed by atoms with van der Waals surface area (Å²) >= 11 is 12.2. The lowest BCUT2D eigenvalue weighted by atomic mass is 10.2. The molecular formula is C22H19ClN2O6S2. The highest BCUT2D eigenvalue weighted by molar-refractivity contribution is 8.26. The molecule has 172 valence electrons. The first-order valence-electron chi connectivity index (χ1n) is 9.74. The number of carbonyl (C=O) groups excluding carboxylic acids is 2. The molecule has 2 aromatic carbocycles. The predicted octanol–water partition coefficient (Wildman–Crippen LogP) is 4.14. The van der Waals surface area contributed by atoms with Crippen molar-refractivity contribution in [3.05, 3.63) is 63.5 Å². The Bertz CT molecular complexity index is 1140. The fourth-order valence-corrected chi connectivity index (χ4v) is 4.13. The van der Waals surface area contributed by atoms with E-state index < -0.39 is 17.8 Å². The van der Waals surface area contributed by atoms with E-state index in [1.165, 1.54) is 6.07 Å². The SMILES string of the molecule is CCOc1cc(/C=C2/SC(=S)N(NC(=O)c3cccc(Cl)c3)C2=O)ccc1OCCC(=O)O. The molecule has 1 saturated heterocycles. The van der Waals surface area contributed by atoms with Gasteiger partial charge in [-0.15, -0.1) is 0 Å². The van der Waals surface area contributed by atoms with E-state index in [0.717, 1.165) is 16.8 Å². The van der Waals surface area contributed by atoms with Crippen LogP contribution in [0.2, 0.25) is 5.02 Å². The lowest BCUT2D eigenvalue weighted by Gasteiger charge is -2.15. The van der Waals surface area contributed by atoms with Crippen LogP contribution in [-0.2, 0) is 9.59 Å². The maximum absolute atomic E-state index is 12.8. The number of benzene rings is 2. The number of halogens is 1. The summed E-state index contributed by atoms with van der Waals surface area (Å²) in [5.41, 5.74) is 3.44. The van der Waals surface area contributed by atoms with Crippen molar-refractivity contribution in [1.29, 1.82) is 0 Å². The van der Waals surface area contributed by atoms with Crippen LogP contribution in [0.25, 0.3) is 6.08 Å². The average Bonchev–Trinajstić information content (AvgIpc) is 3.02. The number of nitrogens with zero attached hydrogens (tertiary/aromatic N) is 1. The van der Waals surface area contributed by atoms with Crippen LogP contribution in [0.3, 0.4) is 0 Å². The zero-order chi connectivity index (χ0) is 24.0. The molecule has 33 heavy (non-hydrogen) atoms. The highest BCUT2D eigenvalue weighted by atomic mass is 35.5. The summed E-state index contributed by atoms with van der Waals surface area (Å²) in [6, 6.07) is 11.3. The summed E-state index contributed by atoms with van der Waals surface area (Å²) in [5, 5.41) is 10.2. The number of carboxylic acids is 1. The molecule has 0 spiro atoms. The number of carbonyl (C=O) groups is 3. The zero-order valence-corrected chi connectivity index (χ0v) is 19.8. The zero-order valence-electron chi connectivity index (χ0n) is 17.4. The van der Waals surface area contributed by atoms with Gasteiger partial charge in [-0.3, -0.25) is 19.8 Å². The third-order valence-electron chi connectivity index (χ3n) is 4.23. The van der Waals surface area contributed by atoms with Gasteiger partial charge < -0.3 is 14.6 Å². The summed E-state index contributed by atoms with van der Waals surface area (Å²) in [6.07, 6.45) is 1.48. The second-order valence-electron chi connectivity index (χ2n) is 6.60. The number of hydrazine groups is 1. The number of carboxylic acid groups (broad SMARTS) is 1. The van der Waals surface area contributed by atoms with Gasteiger partial charge in [-0.25, -0.2) is 0 Å². The third kappa shape index (κ3) is 6.47. The molecule has 1 fully saturated rings. The molecule has 2 amide bonds. The maximum Gasteiger partial charge on any atom is 0.306 e. The fraction of sp³-hybridized carbons (Fsp3) is 0.182. The molecule has 0 bridgehead atoms. The Kier molecular flexibility index (Phi) is 8.32. The van der Waals surface area contributed by atoms with Crippen LogP contribution in [0.1, 0.15) is 29.3 Å². The van der Waals surface area contributed by atoms with Gasteiger partial charge in [0, 0.05) is 10.6 Å². The number of thiocarbonyl (C=S) groups is 1. The number of hydrogen-bond acceptors (Lipinski definition) is 7. The van der Waals surface area contributed by atoms with Crippen LogP contribution in [0, 0.1) is 0 Å². The average molecular weight is 507 g/mol. The molecule has 2 aromatic rings. The predicted molar refractivity (Wildman–Crippen MR) is 129 cm³/mol. The lowest BCUT2D eigenvalue weighted by Crippen LogP contribution is -2.44. The molecular weight excluding hydrogens is 488 g/mol. The molecule has 8 nitrogen and oxygen atoms in total. The van der Waals surface area contributed by atoms with E-state index >= 15 is 0 Å². The van der Waals surface area contributed by atoms with Crippen LogP contribution in [0.15, 0.2) is 47.4 Å². The number of hydrogen-bond donors (Lipinski definition) is 2. The van der Waals surface area contributed by atoms with Crippen molar-refractivity contribution in [1.82, 2.24) is 10.4 Å². The molecule has 0 aliphatic carbocycles. The second-order valence-corrected chi connectivity index (χ2v) is 8.71. The standard InChI is InChI=1S/C22H19ClN2O6S2/c1-2-30-17-10-13(6-7-16(17)31-9-8-19(26)27)11-18-21(29)25(22(32)33-18)24-20(28)14-4-3-5-15(23)12-14/h3-7,10-12H,2,8-9H2,1H3,(H,24,28)(H,26,27)/b18-11+. The van der Waals surface area contributed by atoms with Gasteiger partial charge >= 0.3 is 5.97 Å². The van der Waals surface area contributed by atoms with E-state index in [1.54, 1.807) is 49.4 Å². The van der Waals surface area contributed by atoms with E-state index in [1.807, 2.05) is 0 Å². The van der Waals surface area contributed by atoms with Crippen LogP contribution >= 0.6 is 35.6 Å². The Hall–Kier alpha value is -3.08. The van der Waals surface area contributed by atoms with E-state index in [-0.39, 0.29) is 17.3 Å². The first-order valence-corrected chi connectivity index (χ1v) is 11.3. The Balaban J connectivity index is 1.75. The summed E-state index contributed by atoms with van der Waals surface area (Å²) < 4.78 is 11.3. The minimum Gasteiger partial charge on any atom is -0.490 e. The van der Waals surface area contributed by atoms with Crippen LogP contribution in [-0.4, -0.2) is 45.4 Å². The Morgan fingerprint density at radius 2 is 2.00 bits per heavy atom. The van der Waals surface area contributed by atoms with Gasteiger partial charge in [0.2, 0.25) is 0 Å². The molecule has 1 aliphatic rings. The number of rotatable bonds is 9. The molecule has 1 heterocycles. The van der Waals surface area contributed by atoms with Crippen molar-refractivity contribution in [2.24, 2.45) is 0 Å². The Morgan fingerprint density at radius 1 is 1.21 bits per heavy atom. The first-order chi connectivity index (χ1) is 15.8. The molecule has 11 heteroatoms. The topological polar surface area (TPSA) is 105 Å². The molecule has 3 rings (SSSR count). The molecule has 0 atom stereocenters. The molecule has 1 aliphatic heterocycles. The summed E-state index contributed by atoms with van der Waals surface area (Å²) in [4.78, 5) is 36.3. The van der Waals surface area contributed by atoms with Gasteiger partial charge in [-0.1, -0.05) is 35.5 Å². The van der Waals surface area contributed by atoms with Crippen molar-refractivity contribution in [3.63, 3.8) is 0 Å². The lowest BCUT2D eigenvalue weighted by molar-refractivity contribution is -0.137. The number of nitrogens with one attached hydrogen (secondary N) is 1. The quantitative estimate of drug-likeness (QED) is 0.386. The van der Waals surface area contributed by atoms with E-state index in [4.69, 9.17) is 38.4 Å². The van der Waals surface area contributed by atoms with Gasteiger partial charge in [0.15, 0.2) is 15.8 Å². The number of thioether (sulfide) groups is 1. The number of aliphatic carboxylic acids is 1. The Morgan fingerprint density at radius 3 is 2.70 bits per heavy atom. The minimum absolute atomic E-state index is 0.000262. The van der Waals surface area contributed by atoms with E-state index in [2.05, 4.69) is 5.43 Å². The summed E-state index contributed by atoms with van der Waals surface area (Å²) in [6.45, 7) is 2.18.